The molecule has 0 spiro atoms. The van der Waals surface area contributed by atoms with Gasteiger partial charge in [0.15, 0.2) is 0 Å². The van der Waals surface area contributed by atoms with Crippen molar-refractivity contribution in [2.24, 2.45) is 0 Å². The first-order valence-electron chi connectivity index (χ1n) is 8.51. The highest BCUT2D eigenvalue weighted by Crippen LogP contribution is 2.32. The zero-order valence-corrected chi connectivity index (χ0v) is 15.6. The van der Waals surface area contributed by atoms with E-state index < -0.39 is 23.6 Å². The van der Waals surface area contributed by atoms with Crippen LogP contribution in [0.2, 0.25) is 0 Å². The van der Waals surface area contributed by atoms with E-state index in [9.17, 15) is 18.8 Å². The third-order valence-corrected chi connectivity index (χ3v) is 4.29. The van der Waals surface area contributed by atoms with Crippen LogP contribution in [-0.2, 0) is 14.3 Å². The van der Waals surface area contributed by atoms with Crippen LogP contribution in [0.4, 0.5) is 15.8 Å². The summed E-state index contributed by atoms with van der Waals surface area (Å²) in [5, 5.41) is 2.41. The molecule has 0 aliphatic carbocycles. The lowest BCUT2D eigenvalue weighted by Gasteiger charge is -2.18. The lowest BCUT2D eigenvalue weighted by molar-refractivity contribution is -0.120. The number of anilines is 2. The molecule has 0 unspecified atom stereocenters. The highest BCUT2D eigenvalue weighted by Gasteiger charge is 2.40. The zero-order valence-electron chi connectivity index (χ0n) is 14.9. The van der Waals surface area contributed by atoms with Crippen molar-refractivity contribution >= 4 is 40.8 Å². The number of hydrogen-bond donors (Lipinski definition) is 1. The Bertz CT molecular complexity index is 972. The normalized spacial score (nSPS) is 13.9. The van der Waals surface area contributed by atoms with Gasteiger partial charge in [-0.2, -0.15) is 0 Å². The maximum absolute atomic E-state index is 13.1. The maximum atomic E-state index is 13.1. The molecule has 0 atom stereocenters. The molecule has 2 aromatic carbocycles. The molecule has 0 fully saturated rings. The molecule has 8 heteroatoms. The first-order valence-corrected chi connectivity index (χ1v) is 8.89. The lowest BCUT2D eigenvalue weighted by atomic mass is 10.1. The molecule has 0 saturated carbocycles. The van der Waals surface area contributed by atoms with Crippen molar-refractivity contribution in [2.45, 2.75) is 13.3 Å². The van der Waals surface area contributed by atoms with Crippen LogP contribution in [-0.4, -0.2) is 24.4 Å². The van der Waals surface area contributed by atoms with Gasteiger partial charge in [-0.25, -0.2) is 14.1 Å². The smallest absolute Gasteiger partial charge is 0.340 e. The number of carbonyl (C=O) groups excluding carboxylic acids is 3. The summed E-state index contributed by atoms with van der Waals surface area (Å²) in [4.78, 5) is 38.6. The molecule has 1 aliphatic rings. The number of nitrogens with one attached hydrogen (secondary N) is 1. The highest BCUT2D eigenvalue weighted by molar-refractivity contribution is 6.53. The van der Waals surface area contributed by atoms with Crippen molar-refractivity contribution < 1.29 is 23.5 Å². The van der Waals surface area contributed by atoms with Gasteiger partial charge in [0.2, 0.25) is 0 Å². The van der Waals surface area contributed by atoms with Crippen molar-refractivity contribution in [1.29, 1.82) is 0 Å². The van der Waals surface area contributed by atoms with Crippen LogP contribution in [0.15, 0.2) is 59.3 Å². The Morgan fingerprint density at radius 3 is 2.46 bits per heavy atom. The minimum absolute atomic E-state index is 0.0742. The van der Waals surface area contributed by atoms with Gasteiger partial charge in [-0.1, -0.05) is 30.7 Å². The minimum Gasteiger partial charge on any atom is -0.462 e. The van der Waals surface area contributed by atoms with Gasteiger partial charge < -0.3 is 10.1 Å². The Morgan fingerprint density at radius 2 is 1.79 bits per heavy atom. The fourth-order valence-electron chi connectivity index (χ4n) is 2.62. The SMILES string of the molecule is CCCOC(=O)c1ccccc1N1C(=O)C(Cl)=C(Nc2ccc(F)cc2)C1=O. The number of para-hydroxylation sites is 1. The zero-order chi connectivity index (χ0) is 20.3. The Balaban J connectivity index is 1.91. The lowest BCUT2D eigenvalue weighted by Crippen LogP contribution is -2.33. The quantitative estimate of drug-likeness (QED) is 0.587. The number of halogens is 2. The number of rotatable bonds is 6. The third kappa shape index (κ3) is 3.75. The number of ether oxygens (including phenoxy) is 1. The van der Waals surface area contributed by atoms with E-state index in [2.05, 4.69) is 5.32 Å². The summed E-state index contributed by atoms with van der Waals surface area (Å²) in [5.74, 6) is -2.59. The Hall–Kier alpha value is -3.19. The van der Waals surface area contributed by atoms with E-state index in [4.69, 9.17) is 16.3 Å². The summed E-state index contributed by atoms with van der Waals surface area (Å²) in [6.45, 7) is 2.06. The van der Waals surface area contributed by atoms with Gasteiger partial charge in [0, 0.05) is 5.69 Å². The summed E-state index contributed by atoms with van der Waals surface area (Å²) < 4.78 is 18.2. The number of esters is 1. The average molecular weight is 403 g/mol. The van der Waals surface area contributed by atoms with Crippen molar-refractivity contribution in [1.82, 2.24) is 0 Å². The second-order valence-corrected chi connectivity index (χ2v) is 6.30. The number of carbonyl (C=O) groups is 3. The monoisotopic (exact) mass is 402 g/mol. The molecule has 0 saturated heterocycles. The maximum Gasteiger partial charge on any atom is 0.340 e. The van der Waals surface area contributed by atoms with Crippen LogP contribution in [0.3, 0.4) is 0 Å². The highest BCUT2D eigenvalue weighted by atomic mass is 35.5. The van der Waals surface area contributed by atoms with Gasteiger partial charge in [0.25, 0.3) is 11.8 Å². The second kappa shape index (κ2) is 8.22. The Kier molecular flexibility index (Phi) is 5.75. The number of amides is 2. The van der Waals surface area contributed by atoms with E-state index in [1.807, 2.05) is 6.92 Å². The molecule has 0 radical (unpaired) electrons. The Morgan fingerprint density at radius 1 is 1.11 bits per heavy atom. The van der Waals surface area contributed by atoms with Gasteiger partial charge in [0.05, 0.1) is 17.9 Å². The molecule has 1 N–H and O–H groups in total. The molecule has 0 aromatic heterocycles. The van der Waals surface area contributed by atoms with E-state index in [0.717, 1.165) is 4.90 Å². The molecule has 2 amide bonds. The summed E-state index contributed by atoms with van der Waals surface area (Å²) in [7, 11) is 0. The summed E-state index contributed by atoms with van der Waals surface area (Å²) in [6, 6.07) is 11.3. The number of benzene rings is 2. The van der Waals surface area contributed by atoms with E-state index in [1.165, 1.54) is 36.4 Å². The van der Waals surface area contributed by atoms with Crippen molar-refractivity contribution in [3.63, 3.8) is 0 Å². The third-order valence-electron chi connectivity index (χ3n) is 3.94. The summed E-state index contributed by atoms with van der Waals surface area (Å²) in [5.41, 5.74) is 0.376. The van der Waals surface area contributed by atoms with Gasteiger partial charge in [0.1, 0.15) is 16.5 Å². The van der Waals surface area contributed by atoms with Crippen LogP contribution in [0, 0.1) is 5.82 Å². The van der Waals surface area contributed by atoms with Crippen molar-refractivity contribution in [3.05, 3.63) is 70.6 Å². The molecule has 144 valence electrons. The molecular formula is C20H16ClFN2O4. The van der Waals surface area contributed by atoms with Gasteiger partial charge >= 0.3 is 5.97 Å². The first-order chi connectivity index (χ1) is 13.4. The van der Waals surface area contributed by atoms with Crippen LogP contribution in [0.1, 0.15) is 23.7 Å². The molecule has 1 aliphatic heterocycles. The van der Waals surface area contributed by atoms with Gasteiger partial charge in [-0.3, -0.25) is 9.59 Å². The second-order valence-electron chi connectivity index (χ2n) is 5.92. The van der Waals surface area contributed by atoms with Gasteiger partial charge in [-0.05, 0) is 42.8 Å². The topological polar surface area (TPSA) is 75.7 Å². The molecule has 0 bridgehead atoms. The fourth-order valence-corrected chi connectivity index (χ4v) is 2.83. The first kappa shape index (κ1) is 19.6. The number of imide groups is 1. The molecule has 1 heterocycles. The molecular weight excluding hydrogens is 387 g/mol. The molecule has 2 aromatic rings. The van der Waals surface area contributed by atoms with Crippen molar-refractivity contribution in [2.75, 3.05) is 16.8 Å². The van der Waals surface area contributed by atoms with Crippen LogP contribution >= 0.6 is 11.6 Å². The predicted octanol–water partition coefficient (Wildman–Crippen LogP) is 3.83. The van der Waals surface area contributed by atoms with E-state index in [-0.39, 0.29) is 28.6 Å². The standard InChI is InChI=1S/C20H16ClFN2O4/c1-2-11-28-20(27)14-5-3-4-6-15(14)24-18(25)16(21)17(19(24)26)23-13-9-7-12(22)8-10-13/h3-10,23H,2,11H2,1H3. The van der Waals surface area contributed by atoms with Crippen molar-refractivity contribution in [3.8, 4) is 0 Å². The van der Waals surface area contributed by atoms with Crippen LogP contribution < -0.4 is 10.2 Å². The average Bonchev–Trinajstić information content (AvgIpc) is 2.91. The van der Waals surface area contributed by atoms with E-state index in [1.54, 1.807) is 12.1 Å². The van der Waals surface area contributed by atoms with Crippen LogP contribution in [0.5, 0.6) is 0 Å². The number of nitrogens with zero attached hydrogens (tertiary/aromatic N) is 1. The minimum atomic E-state index is -0.771. The summed E-state index contributed by atoms with van der Waals surface area (Å²) >= 11 is 6.08. The van der Waals surface area contributed by atoms with Gasteiger partial charge in [-0.15, -0.1) is 0 Å². The fraction of sp³-hybridized carbons (Fsp3) is 0.150. The number of hydrogen-bond acceptors (Lipinski definition) is 5. The van der Waals surface area contributed by atoms with Crippen LogP contribution in [0.25, 0.3) is 0 Å². The van der Waals surface area contributed by atoms with E-state index >= 15 is 0 Å². The molecule has 28 heavy (non-hydrogen) atoms. The summed E-state index contributed by atoms with van der Waals surface area (Å²) in [6.07, 6.45) is 0.634. The molecule has 6 nitrogen and oxygen atoms in total. The molecule has 3 rings (SSSR count). The van der Waals surface area contributed by atoms with E-state index in [0.29, 0.717) is 12.1 Å². The Labute approximate surface area is 165 Å². The largest absolute Gasteiger partial charge is 0.462 e. The predicted molar refractivity (Wildman–Crippen MR) is 102 cm³/mol.